The van der Waals surface area contributed by atoms with Gasteiger partial charge in [0.1, 0.15) is 6.10 Å². The van der Waals surface area contributed by atoms with Gasteiger partial charge in [-0.25, -0.2) is 4.79 Å². The van der Waals surface area contributed by atoms with Gasteiger partial charge in [-0.15, -0.1) is 0 Å². The number of hydrogen-bond donors (Lipinski definition) is 1. The summed E-state index contributed by atoms with van der Waals surface area (Å²) in [7, 11) is 0. The van der Waals surface area contributed by atoms with E-state index in [1.54, 1.807) is 0 Å². The zero-order valence-electron chi connectivity index (χ0n) is 12.7. The molecule has 0 radical (unpaired) electrons. The highest BCUT2D eigenvalue weighted by molar-refractivity contribution is 5.89. The lowest BCUT2D eigenvalue weighted by molar-refractivity contribution is -0.384. The molecule has 6 heteroatoms. The maximum absolute atomic E-state index is 11.9. The Labute approximate surface area is 124 Å². The molecule has 0 fully saturated rings. The van der Waals surface area contributed by atoms with Crippen LogP contribution in [0, 0.1) is 10.1 Å². The van der Waals surface area contributed by atoms with Crippen LogP contribution >= 0.6 is 0 Å². The van der Waals surface area contributed by atoms with Gasteiger partial charge in [-0.1, -0.05) is 13.8 Å². The van der Waals surface area contributed by atoms with Crippen molar-refractivity contribution in [1.82, 2.24) is 5.32 Å². The lowest BCUT2D eigenvalue weighted by Crippen LogP contribution is -2.35. The summed E-state index contributed by atoms with van der Waals surface area (Å²) in [5.74, 6) is -0.469. The highest BCUT2D eigenvalue weighted by atomic mass is 16.6. The molecule has 0 aliphatic rings. The standard InChI is InChI=1S/C15H22N2O4/c1-4-13(5-2)16-10-11(3)21-15(18)12-6-8-14(9-7-12)17(19)20/h6-9,11,13,16H,4-5,10H2,1-3H3/t11-/m0/s1. The van der Waals surface area contributed by atoms with E-state index in [1.807, 2.05) is 6.92 Å². The van der Waals surface area contributed by atoms with Gasteiger partial charge in [0.15, 0.2) is 0 Å². The first-order valence-electron chi connectivity index (χ1n) is 7.16. The molecule has 6 nitrogen and oxygen atoms in total. The highest BCUT2D eigenvalue weighted by Gasteiger charge is 2.14. The van der Waals surface area contributed by atoms with E-state index in [2.05, 4.69) is 19.2 Å². The fourth-order valence-electron chi connectivity index (χ4n) is 1.92. The minimum atomic E-state index is -0.503. The van der Waals surface area contributed by atoms with Gasteiger partial charge in [-0.2, -0.15) is 0 Å². The number of nitrogens with zero attached hydrogens (tertiary/aromatic N) is 1. The maximum Gasteiger partial charge on any atom is 0.338 e. The van der Waals surface area contributed by atoms with Crippen molar-refractivity contribution in [2.45, 2.75) is 45.8 Å². The summed E-state index contributed by atoms with van der Waals surface area (Å²) >= 11 is 0. The quantitative estimate of drug-likeness (QED) is 0.453. The predicted molar refractivity (Wildman–Crippen MR) is 80.3 cm³/mol. The van der Waals surface area contributed by atoms with Crippen LogP contribution in [0.3, 0.4) is 0 Å². The van der Waals surface area contributed by atoms with Gasteiger partial charge in [0.05, 0.1) is 10.5 Å². The van der Waals surface area contributed by atoms with E-state index < -0.39 is 10.9 Å². The second-order valence-corrected chi connectivity index (χ2v) is 4.94. The van der Waals surface area contributed by atoms with Gasteiger partial charge < -0.3 is 10.1 Å². The molecule has 0 saturated carbocycles. The Morgan fingerprint density at radius 1 is 1.29 bits per heavy atom. The molecule has 0 aliphatic carbocycles. The molecule has 0 spiro atoms. The number of carbonyl (C=O) groups excluding carboxylic acids is 1. The molecule has 21 heavy (non-hydrogen) atoms. The van der Waals surface area contributed by atoms with Crippen LogP contribution in [0.5, 0.6) is 0 Å². The third-order valence-electron chi connectivity index (χ3n) is 3.30. The zero-order chi connectivity index (χ0) is 15.8. The van der Waals surface area contributed by atoms with E-state index >= 15 is 0 Å². The minimum Gasteiger partial charge on any atom is -0.458 e. The van der Waals surface area contributed by atoms with Crippen molar-refractivity contribution in [3.63, 3.8) is 0 Å². The van der Waals surface area contributed by atoms with Gasteiger partial charge >= 0.3 is 5.97 Å². The number of non-ortho nitro benzene ring substituents is 1. The van der Waals surface area contributed by atoms with E-state index in [0.717, 1.165) is 12.8 Å². The lowest BCUT2D eigenvalue weighted by atomic mass is 10.1. The van der Waals surface area contributed by atoms with Crippen molar-refractivity contribution in [2.24, 2.45) is 0 Å². The summed E-state index contributed by atoms with van der Waals surface area (Å²) in [6.45, 7) is 6.62. The molecule has 0 saturated heterocycles. The summed E-state index contributed by atoms with van der Waals surface area (Å²) in [6.07, 6.45) is 1.80. The third-order valence-corrected chi connectivity index (χ3v) is 3.30. The number of nitrogens with one attached hydrogen (secondary N) is 1. The Hall–Kier alpha value is -1.95. The van der Waals surface area contributed by atoms with Crippen LogP contribution in [0.4, 0.5) is 5.69 Å². The first-order valence-corrected chi connectivity index (χ1v) is 7.16. The summed E-state index contributed by atoms with van der Waals surface area (Å²) in [5, 5.41) is 13.9. The van der Waals surface area contributed by atoms with E-state index in [-0.39, 0.29) is 11.8 Å². The molecule has 0 unspecified atom stereocenters. The molecule has 0 aromatic heterocycles. The molecule has 1 aromatic carbocycles. The van der Waals surface area contributed by atoms with Crippen LogP contribution in [0.15, 0.2) is 24.3 Å². The first kappa shape index (κ1) is 17.1. The van der Waals surface area contributed by atoms with Crippen molar-refractivity contribution in [3.05, 3.63) is 39.9 Å². The van der Waals surface area contributed by atoms with Gasteiger partial charge in [0, 0.05) is 24.7 Å². The lowest BCUT2D eigenvalue weighted by Gasteiger charge is -2.19. The Morgan fingerprint density at radius 2 is 1.86 bits per heavy atom. The van der Waals surface area contributed by atoms with E-state index in [1.165, 1.54) is 24.3 Å². The van der Waals surface area contributed by atoms with Gasteiger partial charge in [0.2, 0.25) is 0 Å². The van der Waals surface area contributed by atoms with E-state index in [0.29, 0.717) is 18.2 Å². The normalized spacial score (nSPS) is 12.2. The summed E-state index contributed by atoms with van der Waals surface area (Å²) in [6, 6.07) is 5.82. The number of esters is 1. The third kappa shape index (κ3) is 5.51. The topological polar surface area (TPSA) is 81.5 Å². The smallest absolute Gasteiger partial charge is 0.338 e. The number of rotatable bonds is 8. The second-order valence-electron chi connectivity index (χ2n) is 4.94. The number of ether oxygens (including phenoxy) is 1. The molecule has 0 bridgehead atoms. The number of benzene rings is 1. The number of hydrogen-bond acceptors (Lipinski definition) is 5. The van der Waals surface area contributed by atoms with E-state index in [9.17, 15) is 14.9 Å². The molecule has 0 aliphatic heterocycles. The van der Waals surface area contributed by atoms with Gasteiger partial charge in [-0.3, -0.25) is 10.1 Å². The van der Waals surface area contributed by atoms with Crippen LogP contribution in [0.1, 0.15) is 44.0 Å². The van der Waals surface area contributed by atoms with Crippen LogP contribution in [0.2, 0.25) is 0 Å². The largest absolute Gasteiger partial charge is 0.458 e. The zero-order valence-corrected chi connectivity index (χ0v) is 12.7. The van der Waals surface area contributed by atoms with Crippen molar-refractivity contribution in [3.8, 4) is 0 Å². The SMILES string of the molecule is CCC(CC)NC[C@H](C)OC(=O)c1ccc([N+](=O)[O-])cc1. The average molecular weight is 294 g/mol. The monoisotopic (exact) mass is 294 g/mol. The first-order chi connectivity index (χ1) is 9.97. The Bertz CT molecular complexity index is 469. The molecule has 1 atom stereocenters. The summed E-state index contributed by atoms with van der Waals surface area (Å²) in [4.78, 5) is 21.9. The highest BCUT2D eigenvalue weighted by Crippen LogP contribution is 2.13. The molecule has 1 rings (SSSR count). The molecule has 1 N–H and O–H groups in total. The fraction of sp³-hybridized carbons (Fsp3) is 0.533. The predicted octanol–water partition coefficient (Wildman–Crippen LogP) is 2.92. The minimum absolute atomic E-state index is 0.0463. The van der Waals surface area contributed by atoms with Crippen LogP contribution in [-0.2, 0) is 4.74 Å². The van der Waals surface area contributed by atoms with Crippen molar-refractivity contribution in [1.29, 1.82) is 0 Å². The van der Waals surface area contributed by atoms with Crippen molar-refractivity contribution in [2.75, 3.05) is 6.54 Å². The van der Waals surface area contributed by atoms with Crippen LogP contribution < -0.4 is 5.32 Å². The second kappa shape index (κ2) is 8.36. The Morgan fingerprint density at radius 3 is 2.33 bits per heavy atom. The molecule has 116 valence electrons. The van der Waals surface area contributed by atoms with Crippen LogP contribution in [-0.4, -0.2) is 29.6 Å². The van der Waals surface area contributed by atoms with Gasteiger partial charge in [0.25, 0.3) is 5.69 Å². The molecular weight excluding hydrogens is 272 g/mol. The van der Waals surface area contributed by atoms with Crippen molar-refractivity contribution >= 4 is 11.7 Å². The fourth-order valence-corrected chi connectivity index (χ4v) is 1.92. The summed E-state index contributed by atoms with van der Waals surface area (Å²) < 4.78 is 5.30. The number of nitro benzene ring substituents is 1. The van der Waals surface area contributed by atoms with Crippen LogP contribution in [0.25, 0.3) is 0 Å². The van der Waals surface area contributed by atoms with E-state index in [4.69, 9.17) is 4.74 Å². The molecule has 0 heterocycles. The summed E-state index contributed by atoms with van der Waals surface area (Å²) in [5.41, 5.74) is 0.269. The van der Waals surface area contributed by atoms with Gasteiger partial charge in [-0.05, 0) is 31.9 Å². The molecular formula is C15H22N2O4. The maximum atomic E-state index is 11.9. The number of carbonyl (C=O) groups is 1. The number of nitro groups is 1. The van der Waals surface area contributed by atoms with Crippen molar-refractivity contribution < 1.29 is 14.5 Å². The molecule has 1 aromatic rings. The Balaban J connectivity index is 2.50. The Kier molecular flexibility index (Phi) is 6.81. The average Bonchev–Trinajstić information content (AvgIpc) is 2.48. The molecule has 0 amide bonds.